The standard InChI is InChI=1S/C13H18Cl2S/c1-2-9-3-5-12(14)10(7-9)8-11-4-6-13(15)16-11/h4,6,9-10,12H,2-3,5,7-8H2,1H3. The third kappa shape index (κ3) is 3.15. The van der Waals surface area contributed by atoms with E-state index in [4.69, 9.17) is 23.2 Å². The minimum absolute atomic E-state index is 0.365. The van der Waals surface area contributed by atoms with Crippen LogP contribution in [-0.4, -0.2) is 5.38 Å². The number of thiophene rings is 1. The second-order valence-corrected chi connectivity index (χ2v) is 7.13. The summed E-state index contributed by atoms with van der Waals surface area (Å²) >= 11 is 14.1. The summed E-state index contributed by atoms with van der Waals surface area (Å²) in [5, 5.41) is 0.365. The first-order valence-corrected chi connectivity index (χ1v) is 7.70. The van der Waals surface area contributed by atoms with Gasteiger partial charge in [0.05, 0.1) is 4.34 Å². The van der Waals surface area contributed by atoms with E-state index in [9.17, 15) is 0 Å². The zero-order valence-corrected chi connectivity index (χ0v) is 11.9. The van der Waals surface area contributed by atoms with Gasteiger partial charge in [0, 0.05) is 10.3 Å². The van der Waals surface area contributed by atoms with Gasteiger partial charge in [0.15, 0.2) is 0 Å². The maximum absolute atomic E-state index is 6.43. The first kappa shape index (κ1) is 12.7. The van der Waals surface area contributed by atoms with E-state index < -0.39 is 0 Å². The fourth-order valence-electron chi connectivity index (χ4n) is 2.63. The molecule has 1 aliphatic rings. The van der Waals surface area contributed by atoms with Crippen molar-refractivity contribution in [2.24, 2.45) is 11.8 Å². The molecular formula is C13H18Cl2S. The van der Waals surface area contributed by atoms with Crippen LogP contribution in [0.25, 0.3) is 0 Å². The number of halogens is 2. The first-order chi connectivity index (χ1) is 7.69. The Morgan fingerprint density at radius 2 is 2.19 bits per heavy atom. The predicted octanol–water partition coefficient (Wildman–Crippen LogP) is 5.38. The Balaban J connectivity index is 1.96. The van der Waals surface area contributed by atoms with Crippen LogP contribution in [0, 0.1) is 11.8 Å². The molecule has 1 fully saturated rings. The summed E-state index contributed by atoms with van der Waals surface area (Å²) in [5.74, 6) is 1.53. The fraction of sp³-hybridized carbons (Fsp3) is 0.692. The van der Waals surface area contributed by atoms with Gasteiger partial charge in [-0.2, -0.15) is 0 Å². The molecule has 3 unspecified atom stereocenters. The van der Waals surface area contributed by atoms with E-state index >= 15 is 0 Å². The van der Waals surface area contributed by atoms with Gasteiger partial charge in [0.1, 0.15) is 0 Å². The smallest absolute Gasteiger partial charge is 0.0931 e. The van der Waals surface area contributed by atoms with E-state index in [1.807, 2.05) is 6.07 Å². The van der Waals surface area contributed by atoms with Crippen LogP contribution < -0.4 is 0 Å². The molecule has 3 heteroatoms. The zero-order chi connectivity index (χ0) is 11.5. The maximum Gasteiger partial charge on any atom is 0.0931 e. The summed E-state index contributed by atoms with van der Waals surface area (Å²) in [4.78, 5) is 1.39. The summed E-state index contributed by atoms with van der Waals surface area (Å²) in [5.41, 5.74) is 0. The number of alkyl halides is 1. The molecule has 0 N–H and O–H groups in total. The lowest BCUT2D eigenvalue weighted by Gasteiger charge is -2.32. The highest BCUT2D eigenvalue weighted by atomic mass is 35.5. The van der Waals surface area contributed by atoms with Gasteiger partial charge in [-0.1, -0.05) is 24.9 Å². The van der Waals surface area contributed by atoms with E-state index in [0.29, 0.717) is 11.3 Å². The SMILES string of the molecule is CCC1CCC(Cl)C(Cc2ccc(Cl)s2)C1. The van der Waals surface area contributed by atoms with Crippen molar-refractivity contribution >= 4 is 34.5 Å². The monoisotopic (exact) mass is 276 g/mol. The van der Waals surface area contributed by atoms with Gasteiger partial charge in [0.25, 0.3) is 0 Å². The molecule has 0 radical (unpaired) electrons. The van der Waals surface area contributed by atoms with Crippen LogP contribution in [0.4, 0.5) is 0 Å². The van der Waals surface area contributed by atoms with Crippen LogP contribution in [0.2, 0.25) is 4.34 Å². The molecule has 0 nitrogen and oxygen atoms in total. The van der Waals surface area contributed by atoms with E-state index in [-0.39, 0.29) is 0 Å². The molecule has 1 aliphatic carbocycles. The minimum Gasteiger partial charge on any atom is -0.128 e. The molecular weight excluding hydrogens is 259 g/mol. The lowest BCUT2D eigenvalue weighted by atomic mass is 9.78. The summed E-state index contributed by atoms with van der Waals surface area (Å²) in [6.07, 6.45) is 6.20. The molecule has 2 rings (SSSR count). The lowest BCUT2D eigenvalue weighted by molar-refractivity contribution is 0.265. The molecule has 0 amide bonds. The van der Waals surface area contributed by atoms with Gasteiger partial charge in [0.2, 0.25) is 0 Å². The lowest BCUT2D eigenvalue weighted by Crippen LogP contribution is -2.26. The molecule has 16 heavy (non-hydrogen) atoms. The molecule has 0 aliphatic heterocycles. The fourth-order valence-corrected chi connectivity index (χ4v) is 4.12. The minimum atomic E-state index is 0.365. The van der Waals surface area contributed by atoms with Crippen molar-refractivity contribution in [1.29, 1.82) is 0 Å². The van der Waals surface area contributed by atoms with Crippen molar-refractivity contribution in [3.8, 4) is 0 Å². The maximum atomic E-state index is 6.43. The molecule has 1 saturated carbocycles. The summed E-state index contributed by atoms with van der Waals surface area (Å²) in [6, 6.07) is 4.14. The summed E-state index contributed by atoms with van der Waals surface area (Å²) in [6.45, 7) is 2.29. The van der Waals surface area contributed by atoms with Crippen LogP contribution in [0.15, 0.2) is 12.1 Å². The van der Waals surface area contributed by atoms with Crippen LogP contribution in [-0.2, 0) is 6.42 Å². The Morgan fingerprint density at radius 3 is 2.81 bits per heavy atom. The second-order valence-electron chi connectivity index (χ2n) is 4.77. The van der Waals surface area contributed by atoms with Crippen molar-refractivity contribution in [1.82, 2.24) is 0 Å². The number of rotatable bonds is 3. The molecule has 3 atom stereocenters. The Bertz CT molecular complexity index is 334. The molecule has 0 spiro atoms. The van der Waals surface area contributed by atoms with E-state index in [0.717, 1.165) is 16.7 Å². The third-order valence-electron chi connectivity index (χ3n) is 3.67. The zero-order valence-electron chi connectivity index (χ0n) is 9.59. The van der Waals surface area contributed by atoms with Crippen molar-refractivity contribution in [3.63, 3.8) is 0 Å². The molecule has 1 heterocycles. The van der Waals surface area contributed by atoms with Crippen LogP contribution in [0.5, 0.6) is 0 Å². The molecule has 90 valence electrons. The molecule has 1 aromatic rings. The normalized spacial score (nSPS) is 30.6. The Hall–Kier alpha value is 0.280. The Morgan fingerprint density at radius 1 is 1.38 bits per heavy atom. The van der Waals surface area contributed by atoms with Gasteiger partial charge in [-0.25, -0.2) is 0 Å². The second kappa shape index (κ2) is 5.75. The molecule has 1 aromatic heterocycles. The predicted molar refractivity (Wildman–Crippen MR) is 73.8 cm³/mol. The quantitative estimate of drug-likeness (QED) is 0.651. The topological polar surface area (TPSA) is 0 Å². The summed E-state index contributed by atoms with van der Waals surface area (Å²) in [7, 11) is 0. The average molecular weight is 277 g/mol. The molecule has 0 aromatic carbocycles. The van der Waals surface area contributed by atoms with Gasteiger partial charge in [-0.3, -0.25) is 0 Å². The van der Waals surface area contributed by atoms with Crippen molar-refractivity contribution < 1.29 is 0 Å². The van der Waals surface area contributed by atoms with Crippen LogP contribution in [0.3, 0.4) is 0 Å². The average Bonchev–Trinajstić information content (AvgIpc) is 2.67. The Labute approximate surface area is 112 Å². The van der Waals surface area contributed by atoms with Crippen LogP contribution >= 0.6 is 34.5 Å². The molecule has 0 saturated heterocycles. The Kier molecular flexibility index (Phi) is 4.57. The highest BCUT2D eigenvalue weighted by Crippen LogP contribution is 2.37. The largest absolute Gasteiger partial charge is 0.128 e. The van der Waals surface area contributed by atoms with Crippen LogP contribution in [0.1, 0.15) is 37.5 Å². The van der Waals surface area contributed by atoms with Gasteiger partial charge in [-0.15, -0.1) is 22.9 Å². The number of hydrogen-bond donors (Lipinski definition) is 0. The van der Waals surface area contributed by atoms with Gasteiger partial charge >= 0.3 is 0 Å². The van der Waals surface area contributed by atoms with Crippen molar-refractivity contribution in [3.05, 3.63) is 21.3 Å². The highest BCUT2D eigenvalue weighted by Gasteiger charge is 2.28. The first-order valence-electron chi connectivity index (χ1n) is 6.07. The third-order valence-corrected chi connectivity index (χ3v) is 5.50. The van der Waals surface area contributed by atoms with E-state index in [1.54, 1.807) is 11.3 Å². The number of hydrogen-bond acceptors (Lipinski definition) is 1. The van der Waals surface area contributed by atoms with Gasteiger partial charge < -0.3 is 0 Å². The van der Waals surface area contributed by atoms with Crippen molar-refractivity contribution in [2.45, 2.75) is 44.4 Å². The van der Waals surface area contributed by atoms with E-state index in [1.165, 1.54) is 30.6 Å². The van der Waals surface area contributed by atoms with Gasteiger partial charge in [-0.05, 0) is 49.7 Å². The highest BCUT2D eigenvalue weighted by molar-refractivity contribution is 7.16. The molecule has 0 bridgehead atoms. The summed E-state index contributed by atoms with van der Waals surface area (Å²) < 4.78 is 0.893. The van der Waals surface area contributed by atoms with Crippen molar-refractivity contribution in [2.75, 3.05) is 0 Å². The van der Waals surface area contributed by atoms with E-state index in [2.05, 4.69) is 13.0 Å².